The zero-order valence-corrected chi connectivity index (χ0v) is 16.9. The van der Waals surface area contributed by atoms with Crippen LogP contribution in [0.5, 0.6) is 0 Å². The van der Waals surface area contributed by atoms with E-state index in [4.69, 9.17) is 0 Å². The van der Waals surface area contributed by atoms with E-state index >= 15 is 0 Å². The third kappa shape index (κ3) is 5.40. The molecule has 0 spiro atoms. The van der Waals surface area contributed by atoms with Crippen LogP contribution in [0.2, 0.25) is 0 Å². The van der Waals surface area contributed by atoms with Gasteiger partial charge in [0.25, 0.3) is 0 Å². The lowest BCUT2D eigenvalue weighted by Crippen LogP contribution is -2.49. The summed E-state index contributed by atoms with van der Waals surface area (Å²) in [6.45, 7) is 3.31. The lowest BCUT2D eigenvalue weighted by atomic mass is 9.95. The fourth-order valence-electron chi connectivity index (χ4n) is 3.28. The molecule has 6 heteroatoms. The number of nitrogens with one attached hydrogen (secondary N) is 2. The molecule has 1 aliphatic heterocycles. The smallest absolute Gasteiger partial charge is 0.241 e. The first-order chi connectivity index (χ1) is 13.0. The highest BCUT2D eigenvalue weighted by Crippen LogP contribution is 2.21. The van der Waals surface area contributed by atoms with Crippen LogP contribution in [0, 0.1) is 5.92 Å². The van der Waals surface area contributed by atoms with Crippen molar-refractivity contribution in [1.29, 1.82) is 0 Å². The van der Waals surface area contributed by atoms with E-state index in [2.05, 4.69) is 31.5 Å². The predicted octanol–water partition coefficient (Wildman–Crippen LogP) is 4.13. The van der Waals surface area contributed by atoms with Crippen molar-refractivity contribution in [2.24, 2.45) is 5.92 Å². The molecule has 1 heterocycles. The van der Waals surface area contributed by atoms with Crippen LogP contribution in [0.25, 0.3) is 0 Å². The van der Waals surface area contributed by atoms with Gasteiger partial charge in [0.15, 0.2) is 0 Å². The van der Waals surface area contributed by atoms with Crippen molar-refractivity contribution in [1.82, 2.24) is 4.90 Å². The zero-order valence-electron chi connectivity index (χ0n) is 15.3. The third-order valence-corrected chi connectivity index (χ3v) is 5.43. The van der Waals surface area contributed by atoms with Gasteiger partial charge in [0.2, 0.25) is 11.8 Å². The molecule has 0 aromatic heterocycles. The minimum absolute atomic E-state index is 0.0198. The lowest BCUT2D eigenvalue weighted by molar-refractivity contribution is -0.125. The Morgan fingerprint density at radius 1 is 1.04 bits per heavy atom. The van der Waals surface area contributed by atoms with E-state index in [0.717, 1.165) is 35.2 Å². The number of amides is 2. The summed E-state index contributed by atoms with van der Waals surface area (Å²) >= 11 is 3.39. The summed E-state index contributed by atoms with van der Waals surface area (Å²) in [6.07, 6.45) is 1.75. The van der Waals surface area contributed by atoms with Crippen molar-refractivity contribution < 1.29 is 9.59 Å². The topological polar surface area (TPSA) is 61.4 Å². The van der Waals surface area contributed by atoms with Gasteiger partial charge in [-0.05, 0) is 62.7 Å². The zero-order chi connectivity index (χ0) is 19.2. The summed E-state index contributed by atoms with van der Waals surface area (Å²) in [5.41, 5.74) is 1.58. The van der Waals surface area contributed by atoms with E-state index < -0.39 is 0 Å². The van der Waals surface area contributed by atoms with Gasteiger partial charge in [-0.25, -0.2) is 0 Å². The van der Waals surface area contributed by atoms with Crippen LogP contribution in [0.15, 0.2) is 59.1 Å². The molecule has 27 heavy (non-hydrogen) atoms. The second-order valence-electron chi connectivity index (χ2n) is 6.86. The van der Waals surface area contributed by atoms with Crippen LogP contribution in [-0.2, 0) is 9.59 Å². The van der Waals surface area contributed by atoms with Gasteiger partial charge in [0, 0.05) is 22.4 Å². The molecule has 0 bridgehead atoms. The van der Waals surface area contributed by atoms with Gasteiger partial charge in [0.1, 0.15) is 0 Å². The molecule has 0 saturated carbocycles. The van der Waals surface area contributed by atoms with Crippen molar-refractivity contribution >= 4 is 39.1 Å². The van der Waals surface area contributed by atoms with Gasteiger partial charge in [-0.2, -0.15) is 0 Å². The van der Waals surface area contributed by atoms with Crippen LogP contribution in [0.3, 0.4) is 0 Å². The normalized spacial score (nSPS) is 18.5. The maximum Gasteiger partial charge on any atom is 0.241 e. The lowest BCUT2D eigenvalue weighted by Gasteiger charge is -2.35. The molecular weight excluding hydrogens is 406 g/mol. The maximum absolute atomic E-state index is 12.6. The van der Waals surface area contributed by atoms with Gasteiger partial charge in [-0.1, -0.05) is 34.1 Å². The highest BCUT2D eigenvalue weighted by molar-refractivity contribution is 9.10. The van der Waals surface area contributed by atoms with Gasteiger partial charge in [-0.3, -0.25) is 14.5 Å². The molecule has 2 amide bonds. The predicted molar refractivity (Wildman–Crippen MR) is 112 cm³/mol. The van der Waals surface area contributed by atoms with Crippen LogP contribution in [0.4, 0.5) is 11.4 Å². The fourth-order valence-corrected chi connectivity index (χ4v) is 3.55. The summed E-state index contributed by atoms with van der Waals surface area (Å²) in [4.78, 5) is 27.3. The number of carbonyl (C=O) groups excluding carboxylic acids is 2. The number of hydrogen-bond donors (Lipinski definition) is 2. The van der Waals surface area contributed by atoms with Crippen molar-refractivity contribution in [3.05, 3.63) is 59.1 Å². The van der Waals surface area contributed by atoms with Crippen LogP contribution in [-0.4, -0.2) is 35.8 Å². The molecule has 2 N–H and O–H groups in total. The standard InChI is InChI=1S/C21H24BrN3O2/c1-15(20(26)23-19-11-9-17(22)10-12-19)25-13-5-6-16(14-25)21(27)24-18-7-3-2-4-8-18/h2-4,7-12,15-16H,5-6,13-14H2,1H3,(H,23,26)(H,24,27)/t15-,16-/m1/s1. The summed E-state index contributed by atoms with van der Waals surface area (Å²) in [5.74, 6) is -0.144. The number of carbonyl (C=O) groups is 2. The number of hydrogen-bond acceptors (Lipinski definition) is 3. The van der Waals surface area contributed by atoms with Crippen LogP contribution < -0.4 is 10.6 Å². The number of anilines is 2. The SMILES string of the molecule is C[C@H](C(=O)Nc1ccc(Br)cc1)N1CCC[C@@H](C(=O)Nc2ccccc2)C1. The Kier molecular flexibility index (Phi) is 6.63. The molecular formula is C21H24BrN3O2. The molecule has 2 aromatic rings. The van der Waals surface area contributed by atoms with Crippen molar-refractivity contribution in [2.75, 3.05) is 23.7 Å². The summed E-state index contributed by atoms with van der Waals surface area (Å²) in [6, 6.07) is 16.7. The molecule has 1 fully saturated rings. The van der Waals surface area contributed by atoms with Crippen LogP contribution >= 0.6 is 15.9 Å². The Bertz CT molecular complexity index is 780. The fraction of sp³-hybridized carbons (Fsp3) is 0.333. The third-order valence-electron chi connectivity index (χ3n) is 4.90. The van der Waals surface area contributed by atoms with Crippen molar-refractivity contribution in [3.8, 4) is 0 Å². The van der Waals surface area contributed by atoms with E-state index in [1.165, 1.54) is 0 Å². The monoisotopic (exact) mass is 429 g/mol. The van der Waals surface area contributed by atoms with Gasteiger partial charge in [-0.15, -0.1) is 0 Å². The molecule has 142 valence electrons. The number of rotatable bonds is 5. The summed E-state index contributed by atoms with van der Waals surface area (Å²) in [5, 5.41) is 5.92. The number of likely N-dealkylation sites (tertiary alicyclic amines) is 1. The second kappa shape index (κ2) is 9.15. The van der Waals surface area contributed by atoms with E-state index in [-0.39, 0.29) is 23.8 Å². The van der Waals surface area contributed by atoms with E-state index in [1.54, 1.807) is 0 Å². The number of halogens is 1. The first kappa shape index (κ1) is 19.6. The number of benzene rings is 2. The average molecular weight is 430 g/mol. The molecule has 3 rings (SSSR count). The number of nitrogens with zero attached hydrogens (tertiary/aromatic N) is 1. The Balaban J connectivity index is 1.57. The first-order valence-corrected chi connectivity index (χ1v) is 9.98. The van der Waals surface area contributed by atoms with Gasteiger partial charge < -0.3 is 10.6 Å². The Labute approximate surface area is 168 Å². The van der Waals surface area contributed by atoms with Crippen molar-refractivity contribution in [2.45, 2.75) is 25.8 Å². The molecule has 5 nitrogen and oxygen atoms in total. The maximum atomic E-state index is 12.6. The quantitative estimate of drug-likeness (QED) is 0.750. The number of piperidine rings is 1. The minimum atomic E-state index is -0.291. The van der Waals surface area contributed by atoms with Crippen molar-refractivity contribution in [3.63, 3.8) is 0 Å². The average Bonchev–Trinajstić information content (AvgIpc) is 2.70. The Hall–Kier alpha value is -2.18. The van der Waals surface area contributed by atoms with E-state index in [0.29, 0.717) is 6.54 Å². The van der Waals surface area contributed by atoms with Gasteiger partial charge >= 0.3 is 0 Å². The molecule has 0 unspecified atom stereocenters. The second-order valence-corrected chi connectivity index (χ2v) is 7.78. The highest BCUT2D eigenvalue weighted by Gasteiger charge is 2.30. The molecule has 0 radical (unpaired) electrons. The Morgan fingerprint density at radius 2 is 1.70 bits per heavy atom. The largest absolute Gasteiger partial charge is 0.326 e. The molecule has 1 saturated heterocycles. The first-order valence-electron chi connectivity index (χ1n) is 9.19. The summed E-state index contributed by atoms with van der Waals surface area (Å²) in [7, 11) is 0. The minimum Gasteiger partial charge on any atom is -0.326 e. The van der Waals surface area contributed by atoms with Crippen LogP contribution in [0.1, 0.15) is 19.8 Å². The molecule has 1 aliphatic rings. The summed E-state index contributed by atoms with van der Waals surface area (Å²) < 4.78 is 0.969. The number of para-hydroxylation sites is 1. The van der Waals surface area contributed by atoms with E-state index in [1.807, 2.05) is 61.5 Å². The highest BCUT2D eigenvalue weighted by atomic mass is 79.9. The molecule has 2 atom stereocenters. The molecule has 2 aromatic carbocycles. The van der Waals surface area contributed by atoms with E-state index in [9.17, 15) is 9.59 Å². The molecule has 0 aliphatic carbocycles. The Morgan fingerprint density at radius 3 is 2.41 bits per heavy atom. The van der Waals surface area contributed by atoms with Gasteiger partial charge in [0.05, 0.1) is 12.0 Å².